The van der Waals surface area contributed by atoms with Gasteiger partial charge in [-0.25, -0.2) is 4.39 Å². The minimum absolute atomic E-state index is 0.0868. The summed E-state index contributed by atoms with van der Waals surface area (Å²) < 4.78 is 18.7. The molecule has 2 amide bonds. The molecule has 0 bridgehead atoms. The van der Waals surface area contributed by atoms with Crippen molar-refractivity contribution in [2.45, 2.75) is 32.4 Å². The normalized spacial score (nSPS) is 17.1. The summed E-state index contributed by atoms with van der Waals surface area (Å²) in [6, 6.07) is 13.2. The van der Waals surface area contributed by atoms with Crippen molar-refractivity contribution in [1.82, 2.24) is 4.90 Å². The number of carbonyl (C=O) groups excluding carboxylic acids is 2. The number of fused-ring (bicyclic) bond motifs is 1. The van der Waals surface area contributed by atoms with Crippen molar-refractivity contribution < 1.29 is 18.7 Å². The summed E-state index contributed by atoms with van der Waals surface area (Å²) >= 11 is 0. The Morgan fingerprint density at radius 1 is 1.22 bits per heavy atom. The lowest BCUT2D eigenvalue weighted by Crippen LogP contribution is -2.46. The van der Waals surface area contributed by atoms with Gasteiger partial charge in [-0.05, 0) is 43.7 Å². The largest absolute Gasteiger partial charge is 0.479 e. The van der Waals surface area contributed by atoms with Crippen LogP contribution < -0.4 is 9.64 Å². The van der Waals surface area contributed by atoms with Crippen LogP contribution in [-0.4, -0.2) is 36.4 Å². The molecule has 27 heavy (non-hydrogen) atoms. The second-order valence-electron chi connectivity index (χ2n) is 6.70. The number of ether oxygens (including phenoxy) is 1. The van der Waals surface area contributed by atoms with Crippen LogP contribution in [0.1, 0.15) is 31.9 Å². The summed E-state index contributed by atoms with van der Waals surface area (Å²) in [6.45, 7) is 3.88. The topological polar surface area (TPSA) is 49.9 Å². The van der Waals surface area contributed by atoms with Crippen molar-refractivity contribution in [3.8, 4) is 5.75 Å². The molecule has 0 radical (unpaired) electrons. The zero-order valence-electron chi connectivity index (χ0n) is 15.7. The molecule has 5 nitrogen and oxygen atoms in total. The van der Waals surface area contributed by atoms with Crippen LogP contribution in [-0.2, 0) is 9.59 Å². The summed E-state index contributed by atoms with van der Waals surface area (Å²) in [6.07, 6.45) is -0.389. The van der Waals surface area contributed by atoms with Crippen molar-refractivity contribution in [2.75, 3.05) is 18.5 Å². The Balaban J connectivity index is 1.68. The zero-order chi connectivity index (χ0) is 19.6. The molecule has 0 aromatic heterocycles. The fraction of sp³-hybridized carbons (Fsp3) is 0.333. The first-order valence-corrected chi connectivity index (χ1v) is 8.96. The maximum absolute atomic E-state index is 13.1. The lowest BCUT2D eigenvalue weighted by atomic mass is 10.1. The minimum Gasteiger partial charge on any atom is -0.479 e. The summed E-state index contributed by atoms with van der Waals surface area (Å²) in [5.41, 5.74) is 1.54. The molecule has 2 aromatic carbocycles. The SMILES string of the molecule is CC1Oc2ccccc2N(CCC(=O)N(C)C(C)c2ccc(F)cc2)C1=O. The molecule has 6 heteroatoms. The van der Waals surface area contributed by atoms with E-state index in [2.05, 4.69) is 0 Å². The molecule has 0 saturated heterocycles. The summed E-state index contributed by atoms with van der Waals surface area (Å²) in [5, 5.41) is 0. The third-order valence-corrected chi connectivity index (χ3v) is 4.95. The zero-order valence-corrected chi connectivity index (χ0v) is 15.7. The van der Waals surface area contributed by atoms with Gasteiger partial charge in [-0.2, -0.15) is 0 Å². The van der Waals surface area contributed by atoms with Crippen molar-refractivity contribution in [1.29, 1.82) is 0 Å². The van der Waals surface area contributed by atoms with Gasteiger partial charge in [-0.15, -0.1) is 0 Å². The van der Waals surface area contributed by atoms with Crippen LogP contribution >= 0.6 is 0 Å². The molecular weight excluding hydrogens is 347 g/mol. The van der Waals surface area contributed by atoms with E-state index < -0.39 is 6.10 Å². The molecule has 2 aromatic rings. The highest BCUT2D eigenvalue weighted by Crippen LogP contribution is 2.33. The Hall–Kier alpha value is -2.89. The fourth-order valence-corrected chi connectivity index (χ4v) is 3.15. The lowest BCUT2D eigenvalue weighted by Gasteiger charge is -2.33. The van der Waals surface area contributed by atoms with Crippen LogP contribution in [0, 0.1) is 5.82 Å². The number of rotatable bonds is 5. The van der Waals surface area contributed by atoms with Gasteiger partial charge in [0.2, 0.25) is 5.91 Å². The van der Waals surface area contributed by atoms with Gasteiger partial charge >= 0.3 is 0 Å². The first-order chi connectivity index (χ1) is 12.9. The third kappa shape index (κ3) is 3.94. The number of para-hydroxylation sites is 2. The van der Waals surface area contributed by atoms with E-state index in [1.54, 1.807) is 35.9 Å². The van der Waals surface area contributed by atoms with Crippen molar-refractivity contribution in [2.24, 2.45) is 0 Å². The van der Waals surface area contributed by atoms with E-state index in [1.165, 1.54) is 12.1 Å². The number of anilines is 1. The van der Waals surface area contributed by atoms with Crippen LogP contribution in [0.5, 0.6) is 5.75 Å². The first-order valence-electron chi connectivity index (χ1n) is 8.96. The summed E-state index contributed by atoms with van der Waals surface area (Å²) in [5.74, 6) is 0.0932. The third-order valence-electron chi connectivity index (χ3n) is 4.95. The quantitative estimate of drug-likeness (QED) is 0.809. The van der Waals surface area contributed by atoms with E-state index in [-0.39, 0.29) is 36.6 Å². The average Bonchev–Trinajstić information content (AvgIpc) is 2.67. The molecular formula is C21H23FN2O3. The monoisotopic (exact) mass is 370 g/mol. The predicted octanol–water partition coefficient (Wildman–Crippen LogP) is 3.55. The maximum atomic E-state index is 13.1. The lowest BCUT2D eigenvalue weighted by molar-refractivity contribution is -0.131. The Labute approximate surface area is 158 Å². The molecule has 1 aliphatic heterocycles. The second kappa shape index (κ2) is 7.78. The first kappa shape index (κ1) is 18.9. The van der Waals surface area contributed by atoms with E-state index in [1.807, 2.05) is 31.2 Å². The summed E-state index contributed by atoms with van der Waals surface area (Å²) in [7, 11) is 1.72. The number of amides is 2. The molecule has 0 saturated carbocycles. The van der Waals surface area contributed by atoms with Gasteiger partial charge in [0.1, 0.15) is 11.6 Å². The summed E-state index contributed by atoms with van der Waals surface area (Å²) in [4.78, 5) is 28.4. The van der Waals surface area contributed by atoms with Gasteiger partial charge in [-0.1, -0.05) is 24.3 Å². The van der Waals surface area contributed by atoms with Gasteiger partial charge in [0, 0.05) is 20.0 Å². The van der Waals surface area contributed by atoms with Gasteiger partial charge in [0.15, 0.2) is 6.10 Å². The smallest absolute Gasteiger partial charge is 0.267 e. The fourth-order valence-electron chi connectivity index (χ4n) is 3.15. The van der Waals surface area contributed by atoms with Crippen LogP contribution in [0.4, 0.5) is 10.1 Å². The van der Waals surface area contributed by atoms with Crippen molar-refractivity contribution in [3.05, 3.63) is 59.9 Å². The number of hydrogen-bond donors (Lipinski definition) is 0. The standard InChI is InChI=1S/C21H23FN2O3/c1-14(16-8-10-17(22)11-9-16)23(3)20(25)12-13-24-18-6-4-5-7-19(18)27-15(2)21(24)26/h4-11,14-15H,12-13H2,1-3H3. The van der Waals surface area contributed by atoms with E-state index in [0.717, 1.165) is 5.56 Å². The van der Waals surface area contributed by atoms with Crippen LogP contribution in [0.25, 0.3) is 0 Å². The number of carbonyl (C=O) groups is 2. The van der Waals surface area contributed by atoms with Crippen LogP contribution in [0.3, 0.4) is 0 Å². The molecule has 0 N–H and O–H groups in total. The highest BCUT2D eigenvalue weighted by molar-refractivity contribution is 6.00. The molecule has 0 aliphatic carbocycles. The van der Waals surface area contributed by atoms with E-state index in [4.69, 9.17) is 4.74 Å². The minimum atomic E-state index is -0.578. The Bertz CT molecular complexity index is 838. The van der Waals surface area contributed by atoms with E-state index in [0.29, 0.717) is 11.4 Å². The molecule has 0 fully saturated rings. The maximum Gasteiger partial charge on any atom is 0.267 e. The number of benzene rings is 2. The molecule has 3 rings (SSSR count). The van der Waals surface area contributed by atoms with Crippen LogP contribution in [0.2, 0.25) is 0 Å². The molecule has 1 aliphatic rings. The van der Waals surface area contributed by atoms with E-state index >= 15 is 0 Å². The van der Waals surface area contributed by atoms with Gasteiger partial charge < -0.3 is 14.5 Å². The molecule has 2 unspecified atom stereocenters. The van der Waals surface area contributed by atoms with Gasteiger partial charge in [0.25, 0.3) is 5.91 Å². The number of halogens is 1. The second-order valence-corrected chi connectivity index (χ2v) is 6.70. The Kier molecular flexibility index (Phi) is 5.44. The molecule has 2 atom stereocenters. The highest BCUT2D eigenvalue weighted by atomic mass is 19.1. The molecule has 142 valence electrons. The number of nitrogens with zero attached hydrogens (tertiary/aromatic N) is 2. The van der Waals surface area contributed by atoms with Crippen molar-refractivity contribution in [3.63, 3.8) is 0 Å². The highest BCUT2D eigenvalue weighted by Gasteiger charge is 2.31. The number of hydrogen-bond acceptors (Lipinski definition) is 3. The Morgan fingerprint density at radius 2 is 1.89 bits per heavy atom. The Morgan fingerprint density at radius 3 is 2.59 bits per heavy atom. The predicted molar refractivity (Wildman–Crippen MR) is 101 cm³/mol. The van der Waals surface area contributed by atoms with E-state index in [9.17, 15) is 14.0 Å². The molecule has 1 heterocycles. The van der Waals surface area contributed by atoms with Gasteiger partial charge in [-0.3, -0.25) is 9.59 Å². The van der Waals surface area contributed by atoms with Crippen molar-refractivity contribution >= 4 is 17.5 Å². The van der Waals surface area contributed by atoms with Gasteiger partial charge in [0.05, 0.1) is 11.7 Å². The van der Waals surface area contributed by atoms with Crippen LogP contribution in [0.15, 0.2) is 48.5 Å². The average molecular weight is 370 g/mol. The molecule has 0 spiro atoms.